The molecule has 1 aliphatic rings. The van der Waals surface area contributed by atoms with Gasteiger partial charge in [-0.2, -0.15) is 0 Å². The lowest BCUT2D eigenvalue weighted by Gasteiger charge is -2.05. The molecule has 0 spiro atoms. The molecule has 19 heavy (non-hydrogen) atoms. The lowest BCUT2D eigenvalue weighted by atomic mass is 9.99. The van der Waals surface area contributed by atoms with Crippen molar-refractivity contribution in [1.82, 2.24) is 4.98 Å². The number of fused-ring (bicyclic) bond motifs is 3. The van der Waals surface area contributed by atoms with E-state index in [0.29, 0.717) is 0 Å². The Labute approximate surface area is 116 Å². The second-order valence-electron chi connectivity index (χ2n) is 5.94. The van der Waals surface area contributed by atoms with Gasteiger partial charge in [0.25, 0.3) is 0 Å². The largest absolute Gasteiger partial charge is 0.358 e. The van der Waals surface area contributed by atoms with E-state index in [-0.39, 0.29) is 0 Å². The van der Waals surface area contributed by atoms with Crippen molar-refractivity contribution in [2.45, 2.75) is 64.7 Å². The molecule has 0 bridgehead atoms. The Kier molecular flexibility index (Phi) is 3.91. The molecule has 0 atom stereocenters. The van der Waals surface area contributed by atoms with E-state index in [1.807, 2.05) is 0 Å². The van der Waals surface area contributed by atoms with Crippen LogP contribution in [0, 0.1) is 0 Å². The van der Waals surface area contributed by atoms with Crippen LogP contribution in [0.2, 0.25) is 0 Å². The first-order chi connectivity index (χ1) is 9.40. The maximum atomic E-state index is 3.63. The molecule has 0 saturated carbocycles. The van der Waals surface area contributed by atoms with E-state index >= 15 is 0 Å². The topological polar surface area (TPSA) is 15.8 Å². The van der Waals surface area contributed by atoms with Crippen molar-refractivity contribution < 1.29 is 0 Å². The third-order valence-corrected chi connectivity index (χ3v) is 4.51. The fourth-order valence-electron chi connectivity index (χ4n) is 3.51. The first-order valence-electron chi connectivity index (χ1n) is 8.01. The van der Waals surface area contributed by atoms with Gasteiger partial charge in [0.05, 0.1) is 0 Å². The quantitative estimate of drug-likeness (QED) is 0.685. The van der Waals surface area contributed by atoms with Crippen LogP contribution in [-0.4, -0.2) is 4.98 Å². The minimum Gasteiger partial charge on any atom is -0.358 e. The molecule has 1 aromatic carbocycles. The van der Waals surface area contributed by atoms with Crippen LogP contribution in [0.25, 0.3) is 10.9 Å². The Morgan fingerprint density at radius 2 is 1.95 bits per heavy atom. The summed E-state index contributed by atoms with van der Waals surface area (Å²) in [6.07, 6.45) is 12.0. The summed E-state index contributed by atoms with van der Waals surface area (Å²) in [4.78, 5) is 3.63. The normalized spacial score (nSPS) is 14.2. The van der Waals surface area contributed by atoms with Gasteiger partial charge in [-0.05, 0) is 49.3 Å². The smallest absolute Gasteiger partial charge is 0.0461 e. The van der Waals surface area contributed by atoms with E-state index in [4.69, 9.17) is 0 Å². The zero-order valence-corrected chi connectivity index (χ0v) is 12.1. The van der Waals surface area contributed by atoms with E-state index < -0.39 is 0 Å². The van der Waals surface area contributed by atoms with Crippen LogP contribution >= 0.6 is 0 Å². The van der Waals surface area contributed by atoms with Crippen LogP contribution in [0.15, 0.2) is 18.2 Å². The molecule has 0 amide bonds. The van der Waals surface area contributed by atoms with Crippen LogP contribution in [0.1, 0.15) is 62.3 Å². The molecule has 1 aliphatic carbocycles. The number of rotatable bonds is 6. The first kappa shape index (κ1) is 12.8. The van der Waals surface area contributed by atoms with Crippen LogP contribution in [-0.2, 0) is 19.3 Å². The zero-order chi connectivity index (χ0) is 13.1. The van der Waals surface area contributed by atoms with Crippen molar-refractivity contribution in [3.63, 3.8) is 0 Å². The molecule has 0 aliphatic heterocycles. The molecular formula is C18H25N. The highest BCUT2D eigenvalue weighted by molar-refractivity contribution is 5.88. The lowest BCUT2D eigenvalue weighted by Crippen LogP contribution is -1.89. The summed E-state index contributed by atoms with van der Waals surface area (Å²) in [7, 11) is 0. The third-order valence-electron chi connectivity index (χ3n) is 4.51. The van der Waals surface area contributed by atoms with Gasteiger partial charge in [0, 0.05) is 16.6 Å². The Morgan fingerprint density at radius 1 is 1.05 bits per heavy atom. The number of nitrogens with one attached hydrogen (secondary N) is 1. The van der Waals surface area contributed by atoms with E-state index in [1.165, 1.54) is 69.0 Å². The minimum absolute atomic E-state index is 1.25. The second kappa shape index (κ2) is 5.81. The standard InChI is InChI=1S/C18H25N/c1-2-3-4-5-6-9-14-10-7-13-17-18(14)15-11-8-12-16(15)19-17/h7,10,13,19H,2-6,8-9,11-12H2,1H3. The van der Waals surface area contributed by atoms with Gasteiger partial charge in [-0.25, -0.2) is 0 Å². The van der Waals surface area contributed by atoms with Crippen molar-refractivity contribution >= 4 is 10.9 Å². The van der Waals surface area contributed by atoms with Crippen molar-refractivity contribution in [2.24, 2.45) is 0 Å². The molecule has 1 N–H and O–H groups in total. The van der Waals surface area contributed by atoms with Gasteiger partial charge >= 0.3 is 0 Å². The van der Waals surface area contributed by atoms with Gasteiger partial charge < -0.3 is 4.98 Å². The predicted octanol–water partition coefficient (Wildman–Crippen LogP) is 5.17. The minimum atomic E-state index is 1.25. The Balaban J connectivity index is 1.75. The highest BCUT2D eigenvalue weighted by Crippen LogP contribution is 2.32. The summed E-state index contributed by atoms with van der Waals surface area (Å²) < 4.78 is 0. The Bertz CT molecular complexity index is 550. The molecule has 1 aromatic heterocycles. The highest BCUT2D eigenvalue weighted by atomic mass is 14.7. The summed E-state index contributed by atoms with van der Waals surface area (Å²) >= 11 is 0. The van der Waals surface area contributed by atoms with E-state index in [2.05, 4.69) is 30.1 Å². The summed E-state index contributed by atoms with van der Waals surface area (Å²) in [5.74, 6) is 0. The van der Waals surface area contributed by atoms with Crippen molar-refractivity contribution in [1.29, 1.82) is 0 Å². The van der Waals surface area contributed by atoms with Gasteiger partial charge in [0.15, 0.2) is 0 Å². The molecule has 0 fully saturated rings. The highest BCUT2D eigenvalue weighted by Gasteiger charge is 2.18. The van der Waals surface area contributed by atoms with E-state index in [9.17, 15) is 0 Å². The van der Waals surface area contributed by atoms with Crippen LogP contribution in [0.3, 0.4) is 0 Å². The number of benzene rings is 1. The molecular weight excluding hydrogens is 230 g/mol. The fourth-order valence-corrected chi connectivity index (χ4v) is 3.51. The maximum Gasteiger partial charge on any atom is 0.0461 e. The molecule has 0 unspecified atom stereocenters. The molecule has 0 radical (unpaired) electrons. The molecule has 1 nitrogen and oxygen atoms in total. The van der Waals surface area contributed by atoms with Gasteiger partial charge in [-0.15, -0.1) is 0 Å². The molecule has 0 saturated heterocycles. The first-order valence-corrected chi connectivity index (χ1v) is 8.01. The van der Waals surface area contributed by atoms with Crippen molar-refractivity contribution in [2.75, 3.05) is 0 Å². The van der Waals surface area contributed by atoms with Gasteiger partial charge in [0.1, 0.15) is 0 Å². The Hall–Kier alpha value is -1.24. The zero-order valence-electron chi connectivity index (χ0n) is 12.1. The van der Waals surface area contributed by atoms with Crippen molar-refractivity contribution in [3.05, 3.63) is 35.0 Å². The van der Waals surface area contributed by atoms with Crippen LogP contribution < -0.4 is 0 Å². The predicted molar refractivity (Wildman–Crippen MR) is 82.8 cm³/mol. The van der Waals surface area contributed by atoms with Crippen LogP contribution in [0.4, 0.5) is 0 Å². The summed E-state index contributed by atoms with van der Waals surface area (Å²) in [6.45, 7) is 2.28. The fraction of sp³-hybridized carbons (Fsp3) is 0.556. The summed E-state index contributed by atoms with van der Waals surface area (Å²) in [5, 5.41) is 1.56. The molecule has 1 heterocycles. The number of aromatic amines is 1. The summed E-state index contributed by atoms with van der Waals surface area (Å²) in [5.41, 5.74) is 6.08. The molecule has 2 aromatic rings. The van der Waals surface area contributed by atoms with Crippen molar-refractivity contribution in [3.8, 4) is 0 Å². The Morgan fingerprint density at radius 3 is 2.84 bits per heavy atom. The average molecular weight is 255 g/mol. The van der Waals surface area contributed by atoms with Crippen LogP contribution in [0.5, 0.6) is 0 Å². The van der Waals surface area contributed by atoms with Gasteiger partial charge in [-0.3, -0.25) is 0 Å². The number of aryl methyl sites for hydroxylation is 3. The third kappa shape index (κ3) is 2.56. The van der Waals surface area contributed by atoms with E-state index in [1.54, 1.807) is 16.5 Å². The number of aromatic nitrogens is 1. The molecule has 3 rings (SSSR count). The van der Waals surface area contributed by atoms with Gasteiger partial charge in [-0.1, -0.05) is 44.7 Å². The average Bonchev–Trinajstić information content (AvgIpc) is 2.98. The molecule has 1 heteroatoms. The SMILES string of the molecule is CCCCCCCc1cccc2[nH]c3c(c12)CCC3. The number of hydrogen-bond acceptors (Lipinski definition) is 0. The molecule has 102 valence electrons. The monoisotopic (exact) mass is 255 g/mol. The second-order valence-corrected chi connectivity index (χ2v) is 5.94. The van der Waals surface area contributed by atoms with E-state index in [0.717, 1.165) is 0 Å². The maximum absolute atomic E-state index is 3.63. The lowest BCUT2D eigenvalue weighted by molar-refractivity contribution is 0.633. The summed E-state index contributed by atoms with van der Waals surface area (Å²) in [6, 6.07) is 6.80. The van der Waals surface area contributed by atoms with Gasteiger partial charge in [0.2, 0.25) is 0 Å². The number of unbranched alkanes of at least 4 members (excludes halogenated alkanes) is 4. The number of hydrogen-bond donors (Lipinski definition) is 1. The number of H-pyrrole nitrogens is 1.